The van der Waals surface area contributed by atoms with Crippen molar-refractivity contribution >= 4 is 27.6 Å². The minimum Gasteiger partial charge on any atom is -0.349 e. The number of aliphatic imine (C=N–C) groups is 1. The molecule has 0 spiro atoms. The van der Waals surface area contributed by atoms with Gasteiger partial charge >= 0.3 is 6.18 Å². The average Bonchev–Trinajstić information content (AvgIpc) is 2.83. The molecule has 4 nitrogen and oxygen atoms in total. The fourth-order valence-corrected chi connectivity index (χ4v) is 2.46. The van der Waals surface area contributed by atoms with Gasteiger partial charge in [-0.05, 0) is 40.5 Å². The maximum absolute atomic E-state index is 12.8. The first-order chi connectivity index (χ1) is 9.84. The molecule has 0 radical (unpaired) electrons. The van der Waals surface area contributed by atoms with Crippen LogP contribution < -0.4 is 5.32 Å². The van der Waals surface area contributed by atoms with E-state index in [1.165, 1.54) is 12.4 Å². The van der Waals surface area contributed by atoms with Crippen LogP contribution in [0.4, 0.5) is 18.9 Å². The Balaban J connectivity index is 2.08. The Morgan fingerprint density at radius 3 is 2.71 bits per heavy atom. The first kappa shape index (κ1) is 14.1. The van der Waals surface area contributed by atoms with Gasteiger partial charge in [0.15, 0.2) is 0 Å². The number of aromatic nitrogens is 2. The molecule has 0 aliphatic carbocycles. The molecule has 0 amide bonds. The molecule has 3 rings (SSSR count). The predicted octanol–water partition coefficient (Wildman–Crippen LogP) is 3.86. The van der Waals surface area contributed by atoms with E-state index in [4.69, 9.17) is 0 Å². The summed E-state index contributed by atoms with van der Waals surface area (Å²) in [6, 6.07) is 3.46. The normalized spacial score (nSPS) is 18.0. The van der Waals surface area contributed by atoms with Gasteiger partial charge in [-0.15, -0.1) is 0 Å². The van der Waals surface area contributed by atoms with E-state index in [0.29, 0.717) is 16.3 Å². The average molecular weight is 359 g/mol. The lowest BCUT2D eigenvalue weighted by atomic mass is 10.0. The fraction of sp³-hybridized carbons (Fsp3) is 0.231. The van der Waals surface area contributed by atoms with Crippen molar-refractivity contribution in [2.75, 3.05) is 0 Å². The summed E-state index contributed by atoms with van der Waals surface area (Å²) in [5.74, 6) is 0.438. The molecule has 1 aromatic carbocycles. The molecule has 2 heterocycles. The van der Waals surface area contributed by atoms with Gasteiger partial charge in [0.25, 0.3) is 0 Å². The van der Waals surface area contributed by atoms with E-state index in [-0.39, 0.29) is 6.04 Å². The molecule has 0 saturated carbocycles. The third-order valence-corrected chi connectivity index (χ3v) is 3.60. The summed E-state index contributed by atoms with van der Waals surface area (Å²) in [5.41, 5.74) is 0.340. The van der Waals surface area contributed by atoms with Crippen LogP contribution in [0.3, 0.4) is 0 Å². The predicted molar refractivity (Wildman–Crippen MR) is 75.4 cm³/mol. The number of rotatable bonds is 0. The molecule has 1 unspecified atom stereocenters. The lowest BCUT2D eigenvalue weighted by Crippen LogP contribution is -2.34. The molecule has 8 heteroatoms. The number of imidazole rings is 1. The quantitative estimate of drug-likeness (QED) is 0.776. The Bertz CT molecular complexity index is 720. The summed E-state index contributed by atoms with van der Waals surface area (Å²) in [6.07, 6.45) is -1.17. The third kappa shape index (κ3) is 2.67. The second-order valence-corrected chi connectivity index (χ2v) is 5.49. The number of fused-ring (bicyclic) bond motifs is 1. The Hall–Kier alpha value is -1.83. The van der Waals surface area contributed by atoms with E-state index in [0.717, 1.165) is 17.7 Å². The molecule has 1 aromatic heterocycles. The number of nitrogens with one attached hydrogen (secondary N) is 1. The standard InChI is InChI=1S/C13H10BrF3N4/c1-7-9-3-2-8(13(15,16)17)4-10(9)20-12(19-7)21-5-11(14)18-6-21/h2-7H,1H3,(H,19,20). The zero-order chi connectivity index (χ0) is 15.2. The molecular weight excluding hydrogens is 349 g/mol. The molecule has 21 heavy (non-hydrogen) atoms. The smallest absolute Gasteiger partial charge is 0.349 e. The Morgan fingerprint density at radius 1 is 1.33 bits per heavy atom. The van der Waals surface area contributed by atoms with Crippen molar-refractivity contribution in [1.29, 1.82) is 0 Å². The highest BCUT2D eigenvalue weighted by Gasteiger charge is 2.32. The van der Waals surface area contributed by atoms with Crippen LogP contribution in [-0.2, 0) is 6.18 Å². The summed E-state index contributed by atoms with van der Waals surface area (Å²) >= 11 is 3.22. The van der Waals surface area contributed by atoms with Crippen molar-refractivity contribution < 1.29 is 13.2 Å². The largest absolute Gasteiger partial charge is 0.416 e. The van der Waals surface area contributed by atoms with Crippen molar-refractivity contribution in [3.63, 3.8) is 0 Å². The molecule has 0 fully saturated rings. The van der Waals surface area contributed by atoms with Crippen LogP contribution in [0.1, 0.15) is 24.1 Å². The van der Waals surface area contributed by atoms with E-state index >= 15 is 0 Å². The molecule has 0 bridgehead atoms. The van der Waals surface area contributed by atoms with Crippen LogP contribution in [-0.4, -0.2) is 15.5 Å². The molecule has 1 aliphatic heterocycles. The summed E-state index contributed by atoms with van der Waals surface area (Å²) in [5, 5.41) is 3.13. The highest BCUT2D eigenvalue weighted by molar-refractivity contribution is 9.10. The molecule has 1 N–H and O–H groups in total. The van der Waals surface area contributed by atoms with Gasteiger partial charge in [-0.3, -0.25) is 4.57 Å². The summed E-state index contributed by atoms with van der Waals surface area (Å²) in [7, 11) is 0. The first-order valence-electron chi connectivity index (χ1n) is 6.11. The van der Waals surface area contributed by atoms with E-state index in [9.17, 15) is 13.2 Å². The first-order valence-corrected chi connectivity index (χ1v) is 6.90. The van der Waals surface area contributed by atoms with Crippen LogP contribution in [0.2, 0.25) is 0 Å². The third-order valence-electron chi connectivity index (χ3n) is 3.19. The van der Waals surface area contributed by atoms with Crippen LogP contribution in [0, 0.1) is 0 Å². The molecule has 2 aromatic rings. The van der Waals surface area contributed by atoms with E-state index < -0.39 is 11.7 Å². The van der Waals surface area contributed by atoms with Gasteiger partial charge in [-0.2, -0.15) is 13.2 Å². The SMILES string of the molecule is CC1NC(n2cnc(Br)c2)=Nc2cc(C(F)(F)F)ccc21. The number of alkyl halides is 3. The maximum atomic E-state index is 12.8. The Kier molecular flexibility index (Phi) is 3.27. The zero-order valence-electron chi connectivity index (χ0n) is 10.8. The monoisotopic (exact) mass is 358 g/mol. The van der Waals surface area contributed by atoms with Gasteiger partial charge in [0.05, 0.1) is 17.3 Å². The number of hydrogen-bond donors (Lipinski definition) is 1. The van der Waals surface area contributed by atoms with Gasteiger partial charge in [0.1, 0.15) is 10.9 Å². The van der Waals surface area contributed by atoms with Crippen LogP contribution in [0.5, 0.6) is 0 Å². The summed E-state index contributed by atoms with van der Waals surface area (Å²) < 4.78 is 40.6. The highest BCUT2D eigenvalue weighted by Crippen LogP contribution is 2.36. The minimum absolute atomic E-state index is 0.143. The van der Waals surface area contributed by atoms with Crippen molar-refractivity contribution in [2.24, 2.45) is 4.99 Å². The zero-order valence-corrected chi connectivity index (χ0v) is 12.4. The van der Waals surface area contributed by atoms with Crippen molar-refractivity contribution in [1.82, 2.24) is 14.9 Å². The van der Waals surface area contributed by atoms with Crippen LogP contribution >= 0.6 is 15.9 Å². The maximum Gasteiger partial charge on any atom is 0.416 e. The number of halogens is 4. The van der Waals surface area contributed by atoms with E-state index in [1.54, 1.807) is 10.8 Å². The second kappa shape index (κ2) is 4.87. The van der Waals surface area contributed by atoms with E-state index in [2.05, 4.69) is 31.2 Å². The molecule has 0 saturated heterocycles. The van der Waals surface area contributed by atoms with Gasteiger partial charge in [-0.25, -0.2) is 9.98 Å². The van der Waals surface area contributed by atoms with Gasteiger partial charge < -0.3 is 5.32 Å². The minimum atomic E-state index is -4.38. The van der Waals surface area contributed by atoms with Crippen LogP contribution in [0.15, 0.2) is 40.3 Å². The fourth-order valence-electron chi connectivity index (χ4n) is 2.15. The van der Waals surface area contributed by atoms with Gasteiger partial charge in [0, 0.05) is 6.20 Å². The number of benzene rings is 1. The second-order valence-electron chi connectivity index (χ2n) is 4.68. The van der Waals surface area contributed by atoms with Crippen molar-refractivity contribution in [2.45, 2.75) is 19.1 Å². The number of nitrogens with zero attached hydrogens (tertiary/aromatic N) is 3. The topological polar surface area (TPSA) is 42.2 Å². The Morgan fingerprint density at radius 2 is 2.10 bits per heavy atom. The lowest BCUT2D eigenvalue weighted by Gasteiger charge is -2.24. The van der Waals surface area contributed by atoms with Crippen LogP contribution in [0.25, 0.3) is 0 Å². The summed E-state index contributed by atoms with van der Waals surface area (Å²) in [4.78, 5) is 8.27. The molecule has 1 atom stereocenters. The van der Waals surface area contributed by atoms with Gasteiger partial charge in [0.2, 0.25) is 5.96 Å². The van der Waals surface area contributed by atoms with Crippen molar-refractivity contribution in [3.05, 3.63) is 46.5 Å². The molecule has 110 valence electrons. The summed E-state index contributed by atoms with van der Waals surface area (Å²) in [6.45, 7) is 1.87. The highest BCUT2D eigenvalue weighted by atomic mass is 79.9. The molecular formula is C13H10BrF3N4. The van der Waals surface area contributed by atoms with Gasteiger partial charge in [-0.1, -0.05) is 6.07 Å². The number of hydrogen-bond acceptors (Lipinski definition) is 3. The molecule has 1 aliphatic rings. The van der Waals surface area contributed by atoms with E-state index in [1.807, 2.05) is 6.92 Å². The lowest BCUT2D eigenvalue weighted by molar-refractivity contribution is -0.137. The van der Waals surface area contributed by atoms with Crippen molar-refractivity contribution in [3.8, 4) is 0 Å². The Labute approximate surface area is 126 Å².